The van der Waals surface area contributed by atoms with Gasteiger partial charge in [0.15, 0.2) is 0 Å². The Kier molecular flexibility index (Phi) is 4.76. The fourth-order valence-electron chi connectivity index (χ4n) is 1.39. The molecule has 84 valence electrons. The van der Waals surface area contributed by atoms with E-state index in [4.69, 9.17) is 11.6 Å². The Hall–Kier alpha value is -0.890. The predicted octanol–water partition coefficient (Wildman–Crippen LogP) is 3.62. The van der Waals surface area contributed by atoms with E-state index in [2.05, 4.69) is 18.3 Å². The van der Waals surface area contributed by atoms with Gasteiger partial charge in [0.2, 0.25) is 0 Å². The molecule has 2 nitrogen and oxygen atoms in total. The second-order valence-electron chi connectivity index (χ2n) is 3.84. The van der Waals surface area contributed by atoms with Gasteiger partial charge in [-0.1, -0.05) is 24.9 Å². The van der Waals surface area contributed by atoms with Crippen molar-refractivity contribution in [2.24, 2.45) is 0 Å². The lowest BCUT2D eigenvalue weighted by atomic mass is 10.2. The van der Waals surface area contributed by atoms with Gasteiger partial charge in [0.25, 0.3) is 0 Å². The number of halogens is 1. The molecular formula is C12H19ClN2. The maximum atomic E-state index is 6.16. The van der Waals surface area contributed by atoms with Gasteiger partial charge >= 0.3 is 0 Å². The number of rotatable bonds is 5. The summed E-state index contributed by atoms with van der Waals surface area (Å²) >= 11 is 6.16. The van der Waals surface area contributed by atoms with Crippen LogP contribution in [0.4, 0.5) is 11.4 Å². The molecule has 1 aromatic carbocycles. The number of nitrogens with one attached hydrogen (secondary N) is 1. The van der Waals surface area contributed by atoms with Crippen LogP contribution in [-0.4, -0.2) is 20.6 Å². The number of anilines is 2. The van der Waals surface area contributed by atoms with Gasteiger partial charge in [-0.05, 0) is 24.6 Å². The summed E-state index contributed by atoms with van der Waals surface area (Å²) in [4.78, 5) is 2.01. The van der Waals surface area contributed by atoms with Crippen molar-refractivity contribution < 1.29 is 0 Å². The van der Waals surface area contributed by atoms with Crippen LogP contribution in [-0.2, 0) is 0 Å². The molecule has 1 N–H and O–H groups in total. The third-order valence-corrected chi connectivity index (χ3v) is 2.59. The zero-order valence-electron chi connectivity index (χ0n) is 9.68. The second kappa shape index (κ2) is 5.86. The van der Waals surface area contributed by atoms with Gasteiger partial charge in [-0.2, -0.15) is 0 Å². The van der Waals surface area contributed by atoms with Crippen LogP contribution < -0.4 is 10.2 Å². The molecule has 0 atom stereocenters. The molecule has 0 saturated carbocycles. The average molecular weight is 227 g/mol. The number of nitrogens with zero attached hydrogens (tertiary/aromatic N) is 1. The first kappa shape index (κ1) is 12.2. The SMILES string of the molecule is CCCCNc1ccc(N(C)C)c(Cl)c1. The molecule has 0 aliphatic heterocycles. The molecule has 0 radical (unpaired) electrons. The van der Waals surface area contributed by atoms with Gasteiger partial charge in [-0.25, -0.2) is 0 Å². The Labute approximate surface area is 97.2 Å². The van der Waals surface area contributed by atoms with Crippen LogP contribution in [0.2, 0.25) is 5.02 Å². The smallest absolute Gasteiger partial charge is 0.0659 e. The van der Waals surface area contributed by atoms with E-state index in [1.807, 2.05) is 31.1 Å². The summed E-state index contributed by atoms with van der Waals surface area (Å²) in [6.07, 6.45) is 2.39. The van der Waals surface area contributed by atoms with E-state index >= 15 is 0 Å². The summed E-state index contributed by atoms with van der Waals surface area (Å²) in [5.41, 5.74) is 2.15. The first-order valence-corrected chi connectivity index (χ1v) is 5.73. The standard InChI is InChI=1S/C12H19ClN2/c1-4-5-8-14-10-6-7-12(15(2)3)11(13)9-10/h6-7,9,14H,4-5,8H2,1-3H3. The highest BCUT2D eigenvalue weighted by atomic mass is 35.5. The van der Waals surface area contributed by atoms with Crippen molar-refractivity contribution in [2.45, 2.75) is 19.8 Å². The quantitative estimate of drug-likeness (QED) is 0.772. The summed E-state index contributed by atoms with van der Waals surface area (Å²) in [5.74, 6) is 0. The first-order valence-electron chi connectivity index (χ1n) is 5.36. The molecule has 0 aliphatic rings. The van der Waals surface area contributed by atoms with Crippen LogP contribution in [0.3, 0.4) is 0 Å². The molecule has 1 aromatic rings. The van der Waals surface area contributed by atoms with Crippen LogP contribution in [0.5, 0.6) is 0 Å². The molecule has 0 aliphatic carbocycles. The highest BCUT2D eigenvalue weighted by Crippen LogP contribution is 2.27. The minimum absolute atomic E-state index is 0.793. The number of hydrogen-bond acceptors (Lipinski definition) is 2. The Bertz CT molecular complexity index is 310. The Morgan fingerprint density at radius 3 is 2.60 bits per heavy atom. The van der Waals surface area contributed by atoms with Crippen LogP contribution in [0.1, 0.15) is 19.8 Å². The summed E-state index contributed by atoms with van der Waals surface area (Å²) in [6, 6.07) is 6.08. The maximum absolute atomic E-state index is 6.16. The summed E-state index contributed by atoms with van der Waals surface area (Å²) in [6.45, 7) is 3.19. The fourth-order valence-corrected chi connectivity index (χ4v) is 1.74. The zero-order valence-corrected chi connectivity index (χ0v) is 10.4. The Morgan fingerprint density at radius 2 is 2.07 bits per heavy atom. The van der Waals surface area contributed by atoms with Crippen molar-refractivity contribution >= 4 is 23.0 Å². The van der Waals surface area contributed by atoms with Gasteiger partial charge in [-0.15, -0.1) is 0 Å². The predicted molar refractivity (Wildman–Crippen MR) is 69.2 cm³/mol. The van der Waals surface area contributed by atoms with Gasteiger partial charge in [-0.3, -0.25) is 0 Å². The second-order valence-corrected chi connectivity index (χ2v) is 4.25. The topological polar surface area (TPSA) is 15.3 Å². The zero-order chi connectivity index (χ0) is 11.3. The molecule has 0 unspecified atom stereocenters. The Balaban J connectivity index is 2.65. The third-order valence-electron chi connectivity index (χ3n) is 2.29. The van der Waals surface area contributed by atoms with E-state index < -0.39 is 0 Å². The molecule has 15 heavy (non-hydrogen) atoms. The molecule has 0 amide bonds. The summed E-state index contributed by atoms with van der Waals surface area (Å²) < 4.78 is 0. The monoisotopic (exact) mass is 226 g/mol. The van der Waals surface area contributed by atoms with E-state index in [1.54, 1.807) is 0 Å². The van der Waals surface area contributed by atoms with Gasteiger partial charge in [0.05, 0.1) is 10.7 Å². The fraction of sp³-hybridized carbons (Fsp3) is 0.500. The summed E-state index contributed by atoms with van der Waals surface area (Å²) in [7, 11) is 3.98. The van der Waals surface area contributed by atoms with Crippen LogP contribution >= 0.6 is 11.6 Å². The molecule has 0 aromatic heterocycles. The van der Waals surface area contributed by atoms with Crippen LogP contribution in [0.25, 0.3) is 0 Å². The minimum Gasteiger partial charge on any atom is -0.385 e. The molecule has 0 spiro atoms. The van der Waals surface area contributed by atoms with Gasteiger partial charge in [0.1, 0.15) is 0 Å². The van der Waals surface area contributed by atoms with E-state index in [0.717, 1.165) is 22.9 Å². The summed E-state index contributed by atoms with van der Waals surface area (Å²) in [5, 5.41) is 4.14. The molecule has 0 bridgehead atoms. The highest BCUT2D eigenvalue weighted by Gasteiger charge is 2.02. The van der Waals surface area contributed by atoms with Crippen LogP contribution in [0, 0.1) is 0 Å². The third kappa shape index (κ3) is 3.63. The average Bonchev–Trinajstić information content (AvgIpc) is 2.17. The largest absolute Gasteiger partial charge is 0.385 e. The van der Waals surface area contributed by atoms with E-state index in [0.29, 0.717) is 0 Å². The number of benzene rings is 1. The lowest BCUT2D eigenvalue weighted by molar-refractivity contribution is 0.834. The van der Waals surface area contributed by atoms with Crippen LogP contribution in [0.15, 0.2) is 18.2 Å². The van der Waals surface area contributed by atoms with Crippen molar-refractivity contribution in [3.8, 4) is 0 Å². The van der Waals surface area contributed by atoms with Gasteiger partial charge in [0, 0.05) is 26.3 Å². The normalized spacial score (nSPS) is 10.1. The molecule has 0 heterocycles. The Morgan fingerprint density at radius 1 is 1.33 bits per heavy atom. The lowest BCUT2D eigenvalue weighted by Crippen LogP contribution is -2.09. The molecular weight excluding hydrogens is 208 g/mol. The van der Waals surface area contributed by atoms with E-state index in [9.17, 15) is 0 Å². The van der Waals surface area contributed by atoms with E-state index in [-0.39, 0.29) is 0 Å². The van der Waals surface area contributed by atoms with Crippen molar-refractivity contribution in [3.63, 3.8) is 0 Å². The molecule has 0 fully saturated rings. The molecule has 3 heteroatoms. The maximum Gasteiger partial charge on any atom is 0.0659 e. The first-order chi connectivity index (χ1) is 7.15. The van der Waals surface area contributed by atoms with Crippen molar-refractivity contribution in [3.05, 3.63) is 23.2 Å². The van der Waals surface area contributed by atoms with Gasteiger partial charge < -0.3 is 10.2 Å². The van der Waals surface area contributed by atoms with Crippen molar-refractivity contribution in [1.29, 1.82) is 0 Å². The lowest BCUT2D eigenvalue weighted by Gasteiger charge is -2.15. The molecule has 1 rings (SSSR count). The highest BCUT2D eigenvalue weighted by molar-refractivity contribution is 6.33. The minimum atomic E-state index is 0.793. The van der Waals surface area contributed by atoms with Crippen molar-refractivity contribution in [2.75, 3.05) is 30.9 Å². The number of unbranched alkanes of at least 4 members (excludes halogenated alkanes) is 1. The van der Waals surface area contributed by atoms with Crippen molar-refractivity contribution in [1.82, 2.24) is 0 Å². The molecule has 0 saturated heterocycles. The number of hydrogen-bond donors (Lipinski definition) is 1. The van der Waals surface area contributed by atoms with E-state index in [1.165, 1.54) is 12.8 Å².